The van der Waals surface area contributed by atoms with E-state index in [0.29, 0.717) is 5.84 Å². The molecule has 0 saturated carbocycles. The molecule has 1 aliphatic rings. The summed E-state index contributed by atoms with van der Waals surface area (Å²) >= 11 is 0. The van der Waals surface area contributed by atoms with E-state index in [1.54, 1.807) is 0 Å². The van der Waals surface area contributed by atoms with Crippen LogP contribution in [0.25, 0.3) is 0 Å². The molecular formula is C10H17N5. The Morgan fingerprint density at radius 3 is 2.67 bits per heavy atom. The largest absolute Gasteiger partial charge is 0.387 e. The first-order chi connectivity index (χ1) is 7.18. The third-order valence-corrected chi connectivity index (χ3v) is 3.01. The maximum atomic E-state index is 7.41. The fourth-order valence-electron chi connectivity index (χ4n) is 2.05. The Bertz CT molecular complexity index is 348. The summed E-state index contributed by atoms with van der Waals surface area (Å²) in [5.41, 5.74) is 5.51. The maximum absolute atomic E-state index is 7.41. The molecule has 0 radical (unpaired) electrons. The molecule has 0 spiro atoms. The van der Waals surface area contributed by atoms with Gasteiger partial charge in [0.15, 0.2) is 0 Å². The molecule has 82 valence electrons. The molecule has 1 fully saturated rings. The minimum atomic E-state index is 0.265. The van der Waals surface area contributed by atoms with Gasteiger partial charge in [0.05, 0.1) is 5.84 Å². The van der Waals surface area contributed by atoms with Crippen molar-refractivity contribution in [2.24, 2.45) is 18.7 Å². The lowest BCUT2D eigenvalue weighted by Crippen LogP contribution is -2.39. The van der Waals surface area contributed by atoms with E-state index in [2.05, 4.69) is 9.88 Å². The number of nitrogens with zero attached hydrogens (tertiary/aromatic N) is 3. The molecule has 1 aromatic rings. The van der Waals surface area contributed by atoms with Gasteiger partial charge in [-0.25, -0.2) is 4.98 Å². The van der Waals surface area contributed by atoms with Crippen molar-refractivity contribution in [3.05, 3.63) is 12.4 Å². The lowest BCUT2D eigenvalue weighted by Gasteiger charge is -2.31. The Morgan fingerprint density at radius 1 is 1.53 bits per heavy atom. The third-order valence-electron chi connectivity index (χ3n) is 3.01. The van der Waals surface area contributed by atoms with Gasteiger partial charge in [-0.3, -0.25) is 5.41 Å². The molecule has 2 heterocycles. The monoisotopic (exact) mass is 207 g/mol. The molecule has 0 aromatic carbocycles. The van der Waals surface area contributed by atoms with Crippen LogP contribution in [0, 0.1) is 11.3 Å². The smallest absolute Gasteiger partial charge is 0.205 e. The van der Waals surface area contributed by atoms with Crippen molar-refractivity contribution in [1.82, 2.24) is 9.55 Å². The van der Waals surface area contributed by atoms with Crippen LogP contribution >= 0.6 is 0 Å². The summed E-state index contributed by atoms with van der Waals surface area (Å²) in [5, 5.41) is 7.41. The molecule has 5 nitrogen and oxygen atoms in total. The zero-order chi connectivity index (χ0) is 10.8. The standard InChI is InChI=1S/C10H17N5/c1-14-7-4-13-10(14)15-5-2-8(3-6-15)9(11)12/h4,7-8H,2-3,5-6H2,1H3,(H3,11,12). The SMILES string of the molecule is Cn1ccnc1N1CCC(C(=N)N)CC1. The van der Waals surface area contributed by atoms with Crippen LogP contribution in [0.1, 0.15) is 12.8 Å². The fourth-order valence-corrected chi connectivity index (χ4v) is 2.05. The number of nitrogens with two attached hydrogens (primary N) is 1. The molecule has 0 atom stereocenters. The number of rotatable bonds is 2. The van der Waals surface area contributed by atoms with E-state index in [1.807, 2.05) is 24.0 Å². The van der Waals surface area contributed by atoms with Gasteiger partial charge in [-0.15, -0.1) is 0 Å². The summed E-state index contributed by atoms with van der Waals surface area (Å²) in [7, 11) is 2.00. The summed E-state index contributed by atoms with van der Waals surface area (Å²) in [6.45, 7) is 1.88. The van der Waals surface area contributed by atoms with Crippen molar-refractivity contribution in [3.8, 4) is 0 Å². The minimum Gasteiger partial charge on any atom is -0.387 e. The lowest BCUT2D eigenvalue weighted by atomic mass is 9.96. The number of piperidine rings is 1. The normalized spacial score (nSPS) is 18.1. The van der Waals surface area contributed by atoms with Crippen molar-refractivity contribution >= 4 is 11.8 Å². The zero-order valence-corrected chi connectivity index (χ0v) is 8.98. The molecule has 1 aromatic heterocycles. The molecule has 3 N–H and O–H groups in total. The number of hydrogen-bond acceptors (Lipinski definition) is 3. The van der Waals surface area contributed by atoms with Gasteiger partial charge in [0.1, 0.15) is 0 Å². The van der Waals surface area contributed by atoms with E-state index in [1.165, 1.54) is 0 Å². The number of nitrogens with one attached hydrogen (secondary N) is 1. The molecule has 0 bridgehead atoms. The molecule has 0 amide bonds. The second kappa shape index (κ2) is 3.92. The maximum Gasteiger partial charge on any atom is 0.205 e. The highest BCUT2D eigenvalue weighted by atomic mass is 15.3. The second-order valence-corrected chi connectivity index (χ2v) is 4.05. The number of aromatic nitrogens is 2. The van der Waals surface area contributed by atoms with E-state index < -0.39 is 0 Å². The first kappa shape index (κ1) is 10.0. The van der Waals surface area contributed by atoms with Crippen LogP contribution in [0.2, 0.25) is 0 Å². The van der Waals surface area contributed by atoms with Gasteiger partial charge in [0.2, 0.25) is 5.95 Å². The van der Waals surface area contributed by atoms with Crippen LogP contribution in [0.15, 0.2) is 12.4 Å². The van der Waals surface area contributed by atoms with Gasteiger partial charge in [0, 0.05) is 38.4 Å². The van der Waals surface area contributed by atoms with Crippen LogP contribution < -0.4 is 10.6 Å². The highest BCUT2D eigenvalue weighted by Crippen LogP contribution is 2.21. The molecule has 2 rings (SSSR count). The summed E-state index contributed by atoms with van der Waals surface area (Å²) in [6, 6.07) is 0. The second-order valence-electron chi connectivity index (χ2n) is 4.05. The van der Waals surface area contributed by atoms with Crippen LogP contribution in [0.3, 0.4) is 0 Å². The number of hydrogen-bond donors (Lipinski definition) is 2. The number of amidine groups is 1. The highest BCUT2D eigenvalue weighted by Gasteiger charge is 2.22. The number of anilines is 1. The third kappa shape index (κ3) is 1.95. The average molecular weight is 207 g/mol. The summed E-state index contributed by atoms with van der Waals surface area (Å²) in [6.07, 6.45) is 5.68. The van der Waals surface area contributed by atoms with E-state index in [4.69, 9.17) is 11.1 Å². The summed E-state index contributed by atoms with van der Waals surface area (Å²) in [5.74, 6) is 1.60. The van der Waals surface area contributed by atoms with Gasteiger partial charge < -0.3 is 15.2 Å². The number of imidazole rings is 1. The molecule has 0 aliphatic carbocycles. The predicted octanol–water partition coefficient (Wildman–Crippen LogP) is 0.572. The highest BCUT2D eigenvalue weighted by molar-refractivity contribution is 5.79. The first-order valence-electron chi connectivity index (χ1n) is 5.24. The first-order valence-corrected chi connectivity index (χ1v) is 5.24. The molecule has 1 aliphatic heterocycles. The predicted molar refractivity (Wildman–Crippen MR) is 60.1 cm³/mol. The van der Waals surface area contributed by atoms with Crippen LogP contribution in [-0.2, 0) is 7.05 Å². The van der Waals surface area contributed by atoms with Crippen molar-refractivity contribution in [2.45, 2.75) is 12.8 Å². The minimum absolute atomic E-state index is 0.265. The fraction of sp³-hybridized carbons (Fsp3) is 0.600. The molecule has 1 saturated heterocycles. The van der Waals surface area contributed by atoms with E-state index in [-0.39, 0.29) is 5.92 Å². The van der Waals surface area contributed by atoms with E-state index in [9.17, 15) is 0 Å². The quantitative estimate of drug-likeness (QED) is 0.550. The van der Waals surface area contributed by atoms with Gasteiger partial charge in [-0.1, -0.05) is 0 Å². The van der Waals surface area contributed by atoms with Crippen LogP contribution in [0.5, 0.6) is 0 Å². The van der Waals surface area contributed by atoms with Crippen molar-refractivity contribution in [3.63, 3.8) is 0 Å². The summed E-state index contributed by atoms with van der Waals surface area (Å²) in [4.78, 5) is 6.56. The van der Waals surface area contributed by atoms with Crippen LogP contribution in [0.4, 0.5) is 5.95 Å². The van der Waals surface area contributed by atoms with Gasteiger partial charge in [-0.2, -0.15) is 0 Å². The average Bonchev–Trinajstić information content (AvgIpc) is 2.65. The van der Waals surface area contributed by atoms with Crippen LogP contribution in [-0.4, -0.2) is 28.5 Å². The van der Waals surface area contributed by atoms with Gasteiger partial charge >= 0.3 is 0 Å². The molecule has 0 unspecified atom stereocenters. The molecule has 5 heteroatoms. The number of aryl methyl sites for hydroxylation is 1. The lowest BCUT2D eigenvalue weighted by molar-refractivity contribution is 0.489. The Morgan fingerprint density at radius 2 is 2.20 bits per heavy atom. The Labute approximate surface area is 89.4 Å². The van der Waals surface area contributed by atoms with Gasteiger partial charge in [0.25, 0.3) is 0 Å². The Hall–Kier alpha value is -1.52. The summed E-state index contributed by atoms with van der Waals surface area (Å²) < 4.78 is 2.02. The van der Waals surface area contributed by atoms with Crippen molar-refractivity contribution < 1.29 is 0 Å². The van der Waals surface area contributed by atoms with E-state index in [0.717, 1.165) is 31.9 Å². The van der Waals surface area contributed by atoms with Crippen molar-refractivity contribution in [2.75, 3.05) is 18.0 Å². The molecular weight excluding hydrogens is 190 g/mol. The topological polar surface area (TPSA) is 70.9 Å². The van der Waals surface area contributed by atoms with Crippen molar-refractivity contribution in [1.29, 1.82) is 5.41 Å². The Balaban J connectivity index is 2.00. The van der Waals surface area contributed by atoms with Gasteiger partial charge in [-0.05, 0) is 12.8 Å². The molecule has 15 heavy (non-hydrogen) atoms. The zero-order valence-electron chi connectivity index (χ0n) is 8.98. The van der Waals surface area contributed by atoms with E-state index >= 15 is 0 Å². The Kier molecular flexibility index (Phi) is 2.62.